The highest BCUT2D eigenvalue weighted by Gasteiger charge is 2.17. The van der Waals surface area contributed by atoms with E-state index in [1.54, 1.807) is 12.4 Å². The minimum absolute atomic E-state index is 0.508. The number of ether oxygens (including phenoxy) is 1. The quantitative estimate of drug-likeness (QED) is 0.782. The first-order valence-corrected chi connectivity index (χ1v) is 5.16. The molecule has 2 N–H and O–H groups in total. The van der Waals surface area contributed by atoms with Crippen molar-refractivity contribution in [1.29, 1.82) is 0 Å². The summed E-state index contributed by atoms with van der Waals surface area (Å²) >= 11 is 0. The Bertz CT molecular complexity index is 540. The second kappa shape index (κ2) is 3.48. The third-order valence-electron chi connectivity index (χ3n) is 2.68. The molecule has 0 radical (unpaired) electrons. The first-order valence-electron chi connectivity index (χ1n) is 5.16. The Morgan fingerprint density at radius 3 is 3.12 bits per heavy atom. The lowest BCUT2D eigenvalue weighted by molar-refractivity contribution is 0.358. The molecule has 2 aromatic rings. The minimum atomic E-state index is 0.508. The van der Waals surface area contributed by atoms with E-state index in [0.717, 1.165) is 35.5 Å². The van der Waals surface area contributed by atoms with Crippen molar-refractivity contribution >= 4 is 5.82 Å². The molecular formula is C12H11N3O. The maximum absolute atomic E-state index is 5.67. The molecule has 0 atom stereocenters. The van der Waals surface area contributed by atoms with Crippen molar-refractivity contribution in [3.63, 3.8) is 0 Å². The van der Waals surface area contributed by atoms with Gasteiger partial charge in [0.1, 0.15) is 11.6 Å². The van der Waals surface area contributed by atoms with Crippen LogP contribution in [0.5, 0.6) is 5.75 Å². The Hall–Kier alpha value is -2.10. The van der Waals surface area contributed by atoms with Crippen LogP contribution in [0.15, 0.2) is 30.7 Å². The normalized spacial score (nSPS) is 13.2. The molecule has 0 saturated carbocycles. The summed E-state index contributed by atoms with van der Waals surface area (Å²) in [6, 6.07) is 3.74. The molecule has 0 spiro atoms. The van der Waals surface area contributed by atoms with Crippen molar-refractivity contribution in [3.05, 3.63) is 36.3 Å². The predicted molar refractivity (Wildman–Crippen MR) is 61.1 cm³/mol. The third kappa shape index (κ3) is 1.39. The van der Waals surface area contributed by atoms with Crippen LogP contribution >= 0.6 is 0 Å². The number of nitrogens with two attached hydrogens (primary N) is 1. The minimum Gasteiger partial charge on any atom is -0.492 e. The molecule has 3 rings (SSSR count). The maximum Gasteiger partial charge on any atom is 0.133 e. The molecule has 1 aliphatic rings. The Kier molecular flexibility index (Phi) is 1.99. The molecule has 1 aliphatic heterocycles. The molecule has 4 nitrogen and oxygen atoms in total. The van der Waals surface area contributed by atoms with Crippen LogP contribution in [0.4, 0.5) is 5.82 Å². The van der Waals surface area contributed by atoms with Gasteiger partial charge in [-0.1, -0.05) is 0 Å². The van der Waals surface area contributed by atoms with Crippen LogP contribution in [0.1, 0.15) is 5.56 Å². The van der Waals surface area contributed by atoms with Gasteiger partial charge in [-0.15, -0.1) is 0 Å². The number of nitrogen functional groups attached to an aromatic ring is 1. The maximum atomic E-state index is 5.67. The molecule has 16 heavy (non-hydrogen) atoms. The van der Waals surface area contributed by atoms with Crippen molar-refractivity contribution in [2.45, 2.75) is 6.42 Å². The second-order valence-electron chi connectivity index (χ2n) is 3.74. The summed E-state index contributed by atoms with van der Waals surface area (Å²) in [6.45, 7) is 0.731. The van der Waals surface area contributed by atoms with Crippen LogP contribution in [-0.2, 0) is 6.42 Å². The van der Waals surface area contributed by atoms with Gasteiger partial charge in [0, 0.05) is 36.1 Å². The fraction of sp³-hybridized carbons (Fsp3) is 0.167. The van der Waals surface area contributed by atoms with Crippen LogP contribution < -0.4 is 10.5 Å². The molecular weight excluding hydrogens is 202 g/mol. The van der Waals surface area contributed by atoms with E-state index in [9.17, 15) is 0 Å². The van der Waals surface area contributed by atoms with E-state index < -0.39 is 0 Å². The average Bonchev–Trinajstić information content (AvgIpc) is 2.76. The molecule has 0 aliphatic carbocycles. The summed E-state index contributed by atoms with van der Waals surface area (Å²) in [5.74, 6) is 1.44. The highest BCUT2D eigenvalue weighted by atomic mass is 16.5. The van der Waals surface area contributed by atoms with E-state index in [4.69, 9.17) is 10.5 Å². The number of nitrogens with zero attached hydrogens (tertiary/aromatic N) is 2. The van der Waals surface area contributed by atoms with Gasteiger partial charge in [0.25, 0.3) is 0 Å². The summed E-state index contributed by atoms with van der Waals surface area (Å²) < 4.78 is 5.62. The van der Waals surface area contributed by atoms with Gasteiger partial charge < -0.3 is 10.5 Å². The third-order valence-corrected chi connectivity index (χ3v) is 2.68. The number of hydrogen-bond acceptors (Lipinski definition) is 4. The first kappa shape index (κ1) is 9.15. The van der Waals surface area contributed by atoms with E-state index in [0.29, 0.717) is 5.82 Å². The van der Waals surface area contributed by atoms with Gasteiger partial charge in [0.2, 0.25) is 0 Å². The van der Waals surface area contributed by atoms with Gasteiger partial charge in [-0.05, 0) is 17.7 Å². The van der Waals surface area contributed by atoms with Gasteiger partial charge >= 0.3 is 0 Å². The Morgan fingerprint density at radius 1 is 1.31 bits per heavy atom. The van der Waals surface area contributed by atoms with Crippen molar-refractivity contribution < 1.29 is 4.74 Å². The zero-order valence-corrected chi connectivity index (χ0v) is 8.68. The van der Waals surface area contributed by atoms with Gasteiger partial charge in [-0.3, -0.25) is 4.98 Å². The predicted octanol–water partition coefficient (Wildman–Crippen LogP) is 1.66. The summed E-state index contributed by atoms with van der Waals surface area (Å²) in [4.78, 5) is 8.20. The van der Waals surface area contributed by atoms with Crippen molar-refractivity contribution in [2.75, 3.05) is 12.3 Å². The fourth-order valence-corrected chi connectivity index (χ4v) is 1.93. The fourth-order valence-electron chi connectivity index (χ4n) is 1.93. The summed E-state index contributed by atoms with van der Waals surface area (Å²) in [6.07, 6.45) is 6.28. The van der Waals surface area contributed by atoms with Crippen LogP contribution in [-0.4, -0.2) is 16.6 Å². The van der Waals surface area contributed by atoms with Crippen LogP contribution in [0, 0.1) is 0 Å². The number of rotatable bonds is 1. The van der Waals surface area contributed by atoms with Crippen LogP contribution in [0.2, 0.25) is 0 Å². The van der Waals surface area contributed by atoms with Crippen molar-refractivity contribution in [2.24, 2.45) is 0 Å². The monoisotopic (exact) mass is 213 g/mol. The number of fused-ring (bicyclic) bond motifs is 1. The van der Waals surface area contributed by atoms with Crippen molar-refractivity contribution in [3.8, 4) is 16.9 Å². The van der Waals surface area contributed by atoms with Gasteiger partial charge in [0.15, 0.2) is 0 Å². The van der Waals surface area contributed by atoms with E-state index in [-0.39, 0.29) is 0 Å². The Labute approximate surface area is 93.1 Å². The molecule has 80 valence electrons. The molecule has 3 heterocycles. The molecule has 0 amide bonds. The molecule has 0 aromatic carbocycles. The lowest BCUT2D eigenvalue weighted by atomic mass is 10.1. The van der Waals surface area contributed by atoms with E-state index >= 15 is 0 Å². The highest BCUT2D eigenvalue weighted by molar-refractivity contribution is 5.73. The summed E-state index contributed by atoms with van der Waals surface area (Å²) in [7, 11) is 0. The van der Waals surface area contributed by atoms with Crippen LogP contribution in [0.25, 0.3) is 11.1 Å². The largest absolute Gasteiger partial charge is 0.492 e. The average molecular weight is 213 g/mol. The molecule has 0 saturated heterocycles. The van der Waals surface area contributed by atoms with Crippen LogP contribution in [0.3, 0.4) is 0 Å². The molecule has 0 bridgehead atoms. The van der Waals surface area contributed by atoms with Gasteiger partial charge in [-0.25, -0.2) is 4.98 Å². The zero-order valence-electron chi connectivity index (χ0n) is 8.68. The molecule has 4 heteroatoms. The Balaban J connectivity index is 2.17. The van der Waals surface area contributed by atoms with E-state index in [1.165, 1.54) is 0 Å². The standard InChI is InChI=1S/C12H11N3O/c13-11-5-8(1-3-15-11)10-7-14-6-9-2-4-16-12(9)10/h1,3,5-7H,2,4H2,(H2,13,15). The van der Waals surface area contributed by atoms with Crippen molar-refractivity contribution in [1.82, 2.24) is 9.97 Å². The number of aromatic nitrogens is 2. The lowest BCUT2D eigenvalue weighted by Gasteiger charge is -2.07. The van der Waals surface area contributed by atoms with Gasteiger partial charge in [0.05, 0.1) is 6.61 Å². The van der Waals surface area contributed by atoms with Gasteiger partial charge in [-0.2, -0.15) is 0 Å². The number of anilines is 1. The summed E-state index contributed by atoms with van der Waals surface area (Å²) in [5, 5.41) is 0. The topological polar surface area (TPSA) is 61.0 Å². The first-order chi connectivity index (χ1) is 7.84. The molecule has 2 aromatic heterocycles. The summed E-state index contributed by atoms with van der Waals surface area (Å²) in [5.41, 5.74) is 8.82. The molecule has 0 fully saturated rings. The number of hydrogen-bond donors (Lipinski definition) is 1. The van der Waals surface area contributed by atoms with E-state index in [2.05, 4.69) is 9.97 Å². The highest BCUT2D eigenvalue weighted by Crippen LogP contribution is 2.35. The zero-order chi connectivity index (χ0) is 11.0. The lowest BCUT2D eigenvalue weighted by Crippen LogP contribution is -1.92. The number of pyridine rings is 2. The molecule has 0 unspecified atom stereocenters. The second-order valence-corrected chi connectivity index (χ2v) is 3.74. The smallest absolute Gasteiger partial charge is 0.133 e. The van der Waals surface area contributed by atoms with E-state index in [1.807, 2.05) is 18.3 Å². The Morgan fingerprint density at radius 2 is 2.25 bits per heavy atom. The SMILES string of the molecule is Nc1cc(-c2cncc3c2OCC3)ccn1.